The quantitative estimate of drug-likeness (QED) is 0.686. The van der Waals surface area contributed by atoms with Gasteiger partial charge in [-0.3, -0.25) is 4.57 Å². The van der Waals surface area contributed by atoms with Crippen LogP contribution >= 0.6 is 7.67 Å². The largest absolute Gasteiger partial charge is 0.342 e. The summed E-state index contributed by atoms with van der Waals surface area (Å²) in [6.45, 7) is 7.86. The Bertz CT molecular complexity index is 236. The fourth-order valence-corrected chi connectivity index (χ4v) is 2.77. The molecular weight excluding hydrogens is 199 g/mol. The van der Waals surface area contributed by atoms with Gasteiger partial charge < -0.3 is 4.52 Å². The Kier molecular flexibility index (Phi) is 3.42. The lowest BCUT2D eigenvalue weighted by Gasteiger charge is -2.38. The van der Waals surface area contributed by atoms with E-state index in [1.165, 1.54) is 0 Å². The first-order chi connectivity index (χ1) is 6.26. The molecule has 0 amide bonds. The van der Waals surface area contributed by atoms with Crippen molar-refractivity contribution in [2.75, 3.05) is 27.2 Å². The zero-order valence-electron chi connectivity index (χ0n) is 9.70. The van der Waals surface area contributed by atoms with Gasteiger partial charge in [-0.05, 0) is 19.5 Å². The van der Waals surface area contributed by atoms with Crippen LogP contribution in [0.15, 0.2) is 0 Å². The molecular formula is C9H21N2O2P. The van der Waals surface area contributed by atoms with E-state index in [0.717, 1.165) is 6.54 Å². The molecule has 1 N–H and O–H groups in total. The summed E-state index contributed by atoms with van der Waals surface area (Å²) in [5.74, 6) is 0.421. The fourth-order valence-electron chi connectivity index (χ4n) is 1.33. The second-order valence-electron chi connectivity index (χ2n) is 5.09. The summed E-state index contributed by atoms with van der Waals surface area (Å²) < 4.78 is 19.1. The third-order valence-corrected chi connectivity index (χ3v) is 4.87. The molecule has 1 aliphatic rings. The van der Waals surface area contributed by atoms with Crippen LogP contribution in [0.4, 0.5) is 0 Å². The third kappa shape index (κ3) is 2.57. The molecule has 4 nitrogen and oxygen atoms in total. The van der Waals surface area contributed by atoms with Crippen molar-refractivity contribution >= 4 is 7.67 Å². The van der Waals surface area contributed by atoms with Crippen LogP contribution in [0.1, 0.15) is 20.8 Å². The minimum atomic E-state index is -2.71. The van der Waals surface area contributed by atoms with Crippen molar-refractivity contribution in [3.63, 3.8) is 0 Å². The third-order valence-electron chi connectivity index (χ3n) is 2.74. The first kappa shape index (κ1) is 12.2. The molecule has 84 valence electrons. The molecule has 0 aromatic rings. The average molecular weight is 220 g/mol. The summed E-state index contributed by atoms with van der Waals surface area (Å²) in [7, 11) is 0.829. The number of hydrogen-bond acceptors (Lipinski definition) is 2. The van der Waals surface area contributed by atoms with Gasteiger partial charge in [0.05, 0.1) is 6.61 Å². The van der Waals surface area contributed by atoms with Crippen molar-refractivity contribution in [1.82, 2.24) is 9.76 Å². The second-order valence-corrected chi connectivity index (χ2v) is 7.50. The molecule has 0 aromatic heterocycles. The van der Waals surface area contributed by atoms with Gasteiger partial charge >= 0.3 is 7.67 Å². The van der Waals surface area contributed by atoms with Gasteiger partial charge in [0, 0.05) is 12.5 Å². The Morgan fingerprint density at radius 2 is 2.00 bits per heavy atom. The van der Waals surface area contributed by atoms with Crippen LogP contribution in [0.2, 0.25) is 0 Å². The zero-order valence-corrected chi connectivity index (χ0v) is 10.6. The van der Waals surface area contributed by atoms with Crippen LogP contribution in [-0.2, 0) is 9.09 Å². The first-order valence-electron chi connectivity index (χ1n) is 4.93. The Morgan fingerprint density at radius 3 is 2.29 bits per heavy atom. The van der Waals surface area contributed by atoms with Crippen molar-refractivity contribution in [2.24, 2.45) is 11.3 Å². The molecule has 0 radical (unpaired) electrons. The van der Waals surface area contributed by atoms with Crippen LogP contribution in [0, 0.1) is 11.3 Å². The van der Waals surface area contributed by atoms with E-state index in [9.17, 15) is 4.57 Å². The minimum Gasteiger partial charge on any atom is -0.306 e. The van der Waals surface area contributed by atoms with Crippen LogP contribution in [0.3, 0.4) is 0 Å². The molecule has 1 saturated heterocycles. The summed E-state index contributed by atoms with van der Waals surface area (Å²) in [6, 6.07) is 0. The van der Waals surface area contributed by atoms with E-state index in [1.54, 1.807) is 18.8 Å². The van der Waals surface area contributed by atoms with Crippen LogP contribution in [0.25, 0.3) is 0 Å². The highest BCUT2D eigenvalue weighted by Crippen LogP contribution is 2.48. The first-order valence-corrected chi connectivity index (χ1v) is 6.51. The van der Waals surface area contributed by atoms with Crippen LogP contribution in [-0.4, -0.2) is 31.9 Å². The molecule has 0 spiro atoms. The van der Waals surface area contributed by atoms with Gasteiger partial charge in [0.2, 0.25) is 0 Å². The van der Waals surface area contributed by atoms with E-state index in [0.29, 0.717) is 12.5 Å². The molecule has 5 heteroatoms. The Labute approximate surface area is 86.6 Å². The molecule has 1 heterocycles. The van der Waals surface area contributed by atoms with E-state index in [4.69, 9.17) is 4.52 Å². The molecule has 0 bridgehead atoms. The molecule has 1 rings (SSSR count). The van der Waals surface area contributed by atoms with Gasteiger partial charge in [-0.1, -0.05) is 20.8 Å². The summed E-state index contributed by atoms with van der Waals surface area (Å²) in [5.41, 5.74) is 0.199. The van der Waals surface area contributed by atoms with Gasteiger partial charge in [-0.25, -0.2) is 9.76 Å². The molecule has 14 heavy (non-hydrogen) atoms. The lowest BCUT2D eigenvalue weighted by Crippen LogP contribution is -2.41. The minimum absolute atomic E-state index is 0.199. The average Bonchev–Trinajstić information content (AvgIpc) is 2.03. The SMILES string of the molecule is CN(C)P1(=O)NCC(C(C)(C)C)CO1. The number of nitrogens with zero attached hydrogens (tertiary/aromatic N) is 1. The Balaban J connectivity index is 2.59. The fraction of sp³-hybridized carbons (Fsp3) is 1.00. The topological polar surface area (TPSA) is 41.6 Å². The molecule has 2 unspecified atom stereocenters. The highest BCUT2D eigenvalue weighted by Gasteiger charge is 2.37. The van der Waals surface area contributed by atoms with Gasteiger partial charge in [0.25, 0.3) is 0 Å². The number of hydrogen-bond donors (Lipinski definition) is 1. The monoisotopic (exact) mass is 220 g/mol. The predicted molar refractivity (Wildman–Crippen MR) is 58.2 cm³/mol. The number of rotatable bonds is 1. The Morgan fingerprint density at radius 1 is 1.43 bits per heavy atom. The zero-order chi connectivity index (χ0) is 11.0. The highest BCUT2D eigenvalue weighted by atomic mass is 31.2. The second kappa shape index (κ2) is 3.93. The van der Waals surface area contributed by atoms with E-state index in [2.05, 4.69) is 25.9 Å². The summed E-state index contributed by atoms with van der Waals surface area (Å²) >= 11 is 0. The van der Waals surface area contributed by atoms with E-state index in [-0.39, 0.29) is 5.41 Å². The van der Waals surface area contributed by atoms with Crippen LogP contribution in [0.5, 0.6) is 0 Å². The summed E-state index contributed by atoms with van der Waals surface area (Å²) in [4.78, 5) is 0. The molecule has 1 aliphatic heterocycles. The van der Waals surface area contributed by atoms with Crippen molar-refractivity contribution < 1.29 is 9.09 Å². The number of nitrogens with one attached hydrogen (secondary N) is 1. The predicted octanol–water partition coefficient (Wildman–Crippen LogP) is 1.94. The molecule has 0 saturated carbocycles. The maximum absolute atomic E-state index is 12.0. The van der Waals surface area contributed by atoms with E-state index in [1.807, 2.05) is 0 Å². The van der Waals surface area contributed by atoms with Gasteiger partial charge in [0.15, 0.2) is 0 Å². The molecule has 1 fully saturated rings. The lowest BCUT2D eigenvalue weighted by molar-refractivity contribution is 0.117. The highest BCUT2D eigenvalue weighted by molar-refractivity contribution is 7.54. The van der Waals surface area contributed by atoms with Crippen molar-refractivity contribution in [1.29, 1.82) is 0 Å². The molecule has 2 atom stereocenters. The Hall–Kier alpha value is 0.110. The molecule has 0 aliphatic carbocycles. The summed E-state index contributed by atoms with van der Waals surface area (Å²) in [6.07, 6.45) is 0. The van der Waals surface area contributed by atoms with E-state index >= 15 is 0 Å². The normalized spacial score (nSPS) is 34.9. The van der Waals surface area contributed by atoms with Gasteiger partial charge in [-0.15, -0.1) is 0 Å². The molecule has 0 aromatic carbocycles. The standard InChI is InChI=1S/C9H21N2O2P/c1-9(2,3)8-6-10-14(12,11(4)5)13-7-8/h8H,6-7H2,1-5H3,(H,10,12). The lowest BCUT2D eigenvalue weighted by atomic mass is 9.81. The van der Waals surface area contributed by atoms with Crippen LogP contribution < -0.4 is 5.09 Å². The van der Waals surface area contributed by atoms with E-state index < -0.39 is 7.67 Å². The smallest absolute Gasteiger partial charge is 0.306 e. The van der Waals surface area contributed by atoms with Crippen molar-refractivity contribution in [3.8, 4) is 0 Å². The van der Waals surface area contributed by atoms with Crippen molar-refractivity contribution in [2.45, 2.75) is 20.8 Å². The van der Waals surface area contributed by atoms with Gasteiger partial charge in [-0.2, -0.15) is 0 Å². The summed E-state index contributed by atoms with van der Waals surface area (Å²) in [5, 5.41) is 3.01. The van der Waals surface area contributed by atoms with Crippen molar-refractivity contribution in [3.05, 3.63) is 0 Å². The van der Waals surface area contributed by atoms with Gasteiger partial charge in [0.1, 0.15) is 0 Å². The maximum atomic E-state index is 12.0. The maximum Gasteiger partial charge on any atom is 0.342 e.